The summed E-state index contributed by atoms with van der Waals surface area (Å²) in [4.78, 5) is 10.6. The third kappa shape index (κ3) is 2.65. The van der Waals surface area contributed by atoms with Crippen LogP contribution in [0.3, 0.4) is 0 Å². The second kappa shape index (κ2) is 5.87. The van der Waals surface area contributed by atoms with E-state index in [4.69, 9.17) is 9.47 Å². The van der Waals surface area contributed by atoms with E-state index in [1.165, 1.54) is 0 Å². The second-order valence-electron chi connectivity index (χ2n) is 5.77. The smallest absolute Gasteiger partial charge is 0.298 e. The average Bonchev–Trinajstić information content (AvgIpc) is 2.60. The molecule has 0 spiro atoms. The molecule has 0 radical (unpaired) electrons. The number of fused-ring (bicyclic) bond motifs is 2. The second-order valence-corrected chi connectivity index (χ2v) is 5.77. The third-order valence-corrected chi connectivity index (χ3v) is 4.21. The van der Waals surface area contributed by atoms with Gasteiger partial charge in [0.15, 0.2) is 0 Å². The number of hydrogen-bond donors (Lipinski definition) is 2. The van der Waals surface area contributed by atoms with E-state index in [9.17, 15) is 15.0 Å². The number of ether oxygens (including phenoxy) is 2. The number of benzene rings is 3. The standard InChI is InChI=1S/C20H14O5/c21-11-24-15-3-1-2-12(8-15)20-16-6-4-13(22)9-18(16)25-19-10-14(23)5-7-17(19)20/h1-11,20,22-23H. The van der Waals surface area contributed by atoms with E-state index >= 15 is 0 Å². The molecule has 0 saturated carbocycles. The van der Waals surface area contributed by atoms with Gasteiger partial charge in [0.2, 0.25) is 0 Å². The molecule has 1 aliphatic rings. The molecule has 0 aliphatic carbocycles. The Morgan fingerprint density at radius 2 is 1.52 bits per heavy atom. The summed E-state index contributed by atoms with van der Waals surface area (Å²) in [6.07, 6.45) is 0. The van der Waals surface area contributed by atoms with Crippen molar-refractivity contribution in [3.63, 3.8) is 0 Å². The van der Waals surface area contributed by atoms with Crippen molar-refractivity contribution in [2.75, 3.05) is 0 Å². The molecule has 1 aliphatic heterocycles. The van der Waals surface area contributed by atoms with Gasteiger partial charge in [-0.1, -0.05) is 24.3 Å². The Morgan fingerprint density at radius 3 is 2.12 bits per heavy atom. The van der Waals surface area contributed by atoms with Crippen LogP contribution in [0.4, 0.5) is 0 Å². The summed E-state index contributed by atoms with van der Waals surface area (Å²) in [6.45, 7) is 0.390. The van der Waals surface area contributed by atoms with E-state index in [0.717, 1.165) is 16.7 Å². The first kappa shape index (κ1) is 15.1. The zero-order chi connectivity index (χ0) is 17.4. The SMILES string of the molecule is O=COc1cccc(C2c3ccc(O)cc3Oc3cc(O)ccc32)c1. The number of carbonyl (C=O) groups excluding carboxylic acids is 1. The number of phenols is 2. The van der Waals surface area contributed by atoms with Crippen molar-refractivity contribution in [1.82, 2.24) is 0 Å². The lowest BCUT2D eigenvalue weighted by atomic mass is 9.82. The molecule has 0 fully saturated rings. The summed E-state index contributed by atoms with van der Waals surface area (Å²) in [6, 6.07) is 17.1. The fourth-order valence-electron chi connectivity index (χ4n) is 3.17. The number of carbonyl (C=O) groups is 1. The molecule has 0 bridgehead atoms. The van der Waals surface area contributed by atoms with Crippen molar-refractivity contribution in [2.24, 2.45) is 0 Å². The molecule has 0 unspecified atom stereocenters. The molecule has 0 saturated heterocycles. The van der Waals surface area contributed by atoms with Gasteiger partial charge in [0.05, 0.1) is 0 Å². The molecule has 25 heavy (non-hydrogen) atoms. The summed E-state index contributed by atoms with van der Waals surface area (Å²) in [7, 11) is 0. The van der Waals surface area contributed by atoms with Crippen LogP contribution in [0.15, 0.2) is 60.7 Å². The Hall–Kier alpha value is -3.47. The molecule has 3 aromatic carbocycles. The highest BCUT2D eigenvalue weighted by Gasteiger charge is 2.29. The van der Waals surface area contributed by atoms with Crippen LogP contribution in [0.25, 0.3) is 0 Å². The van der Waals surface area contributed by atoms with Gasteiger partial charge in [-0.3, -0.25) is 4.79 Å². The van der Waals surface area contributed by atoms with Crippen molar-refractivity contribution in [1.29, 1.82) is 0 Å². The van der Waals surface area contributed by atoms with Gasteiger partial charge in [-0.15, -0.1) is 0 Å². The number of phenolic OH excluding ortho intramolecular Hbond substituents is 2. The lowest BCUT2D eigenvalue weighted by molar-refractivity contribution is -0.120. The van der Waals surface area contributed by atoms with Crippen LogP contribution in [0.2, 0.25) is 0 Å². The molecule has 1 heterocycles. The van der Waals surface area contributed by atoms with Gasteiger partial charge in [-0.2, -0.15) is 0 Å². The Labute approximate surface area is 143 Å². The van der Waals surface area contributed by atoms with Crippen molar-refractivity contribution in [3.05, 3.63) is 77.4 Å². The third-order valence-electron chi connectivity index (χ3n) is 4.21. The largest absolute Gasteiger partial charge is 0.508 e. The topological polar surface area (TPSA) is 76.0 Å². The minimum atomic E-state index is -0.185. The first-order chi connectivity index (χ1) is 12.2. The van der Waals surface area contributed by atoms with Crippen molar-refractivity contribution < 1.29 is 24.5 Å². The van der Waals surface area contributed by atoms with Crippen LogP contribution in [0.1, 0.15) is 22.6 Å². The predicted octanol–water partition coefficient (Wildman–Crippen LogP) is 3.92. The van der Waals surface area contributed by atoms with Gasteiger partial charge in [-0.25, -0.2) is 0 Å². The van der Waals surface area contributed by atoms with Gasteiger partial charge in [0, 0.05) is 29.2 Å². The monoisotopic (exact) mass is 334 g/mol. The van der Waals surface area contributed by atoms with Crippen LogP contribution >= 0.6 is 0 Å². The van der Waals surface area contributed by atoms with E-state index in [1.54, 1.807) is 48.5 Å². The fraction of sp³-hybridized carbons (Fsp3) is 0.0500. The van der Waals surface area contributed by atoms with E-state index in [1.807, 2.05) is 12.1 Å². The lowest BCUT2D eigenvalue weighted by Crippen LogP contribution is -2.11. The Kier molecular flexibility index (Phi) is 3.54. The fourth-order valence-corrected chi connectivity index (χ4v) is 3.17. The van der Waals surface area contributed by atoms with Crippen LogP contribution in [-0.4, -0.2) is 16.7 Å². The van der Waals surface area contributed by atoms with Crippen molar-refractivity contribution in [2.45, 2.75) is 5.92 Å². The van der Waals surface area contributed by atoms with Gasteiger partial charge in [0.1, 0.15) is 28.7 Å². The maximum atomic E-state index is 10.6. The van der Waals surface area contributed by atoms with E-state index in [2.05, 4.69) is 0 Å². The molecule has 5 heteroatoms. The van der Waals surface area contributed by atoms with Gasteiger partial charge >= 0.3 is 0 Å². The quantitative estimate of drug-likeness (QED) is 0.555. The Bertz CT molecular complexity index is 913. The number of rotatable bonds is 3. The van der Waals surface area contributed by atoms with E-state index in [-0.39, 0.29) is 17.4 Å². The molecule has 4 rings (SSSR count). The van der Waals surface area contributed by atoms with Crippen molar-refractivity contribution in [3.8, 4) is 28.7 Å². The molecule has 0 amide bonds. The van der Waals surface area contributed by atoms with Crippen LogP contribution in [0, 0.1) is 0 Å². The van der Waals surface area contributed by atoms with E-state index in [0.29, 0.717) is 23.7 Å². The molecule has 2 N–H and O–H groups in total. The summed E-state index contributed by atoms with van der Waals surface area (Å²) in [5.41, 5.74) is 2.65. The highest BCUT2D eigenvalue weighted by atomic mass is 16.5. The minimum absolute atomic E-state index is 0.0964. The maximum absolute atomic E-state index is 10.6. The maximum Gasteiger partial charge on any atom is 0.298 e. The Morgan fingerprint density at radius 1 is 0.880 bits per heavy atom. The normalized spacial score (nSPS) is 12.6. The average molecular weight is 334 g/mol. The summed E-state index contributed by atoms with van der Waals surface area (Å²) < 4.78 is 10.8. The van der Waals surface area contributed by atoms with Gasteiger partial charge < -0.3 is 19.7 Å². The van der Waals surface area contributed by atoms with Crippen LogP contribution < -0.4 is 9.47 Å². The summed E-state index contributed by atoms with van der Waals surface area (Å²) >= 11 is 0. The molecular formula is C20H14O5. The highest BCUT2D eigenvalue weighted by molar-refractivity contribution is 5.61. The Balaban J connectivity index is 1.92. The minimum Gasteiger partial charge on any atom is -0.508 e. The highest BCUT2D eigenvalue weighted by Crippen LogP contribution is 2.49. The van der Waals surface area contributed by atoms with Crippen molar-refractivity contribution >= 4 is 6.47 Å². The molecule has 0 aromatic heterocycles. The zero-order valence-electron chi connectivity index (χ0n) is 13.0. The molecule has 5 nitrogen and oxygen atoms in total. The molecule has 3 aromatic rings. The predicted molar refractivity (Wildman–Crippen MR) is 90.4 cm³/mol. The number of aromatic hydroxyl groups is 2. The summed E-state index contributed by atoms with van der Waals surface area (Å²) in [5, 5.41) is 19.5. The lowest BCUT2D eigenvalue weighted by Gasteiger charge is -2.29. The van der Waals surface area contributed by atoms with E-state index < -0.39 is 0 Å². The molecule has 124 valence electrons. The van der Waals surface area contributed by atoms with Gasteiger partial charge in [0.25, 0.3) is 6.47 Å². The zero-order valence-corrected chi connectivity index (χ0v) is 13.0. The van der Waals surface area contributed by atoms with Crippen LogP contribution in [-0.2, 0) is 4.79 Å². The molecular weight excluding hydrogens is 320 g/mol. The first-order valence-electron chi connectivity index (χ1n) is 7.69. The summed E-state index contributed by atoms with van der Waals surface area (Å²) in [5.74, 6) is 1.49. The van der Waals surface area contributed by atoms with Crippen LogP contribution in [0.5, 0.6) is 28.7 Å². The molecule has 0 atom stereocenters. The van der Waals surface area contributed by atoms with Gasteiger partial charge in [-0.05, 0) is 29.8 Å². The first-order valence-corrected chi connectivity index (χ1v) is 7.69. The number of hydrogen-bond acceptors (Lipinski definition) is 5.